The monoisotopic (exact) mass is 270 g/mol. The second-order valence-corrected chi connectivity index (χ2v) is 5.49. The van der Waals surface area contributed by atoms with E-state index in [1.807, 2.05) is 24.3 Å². The smallest absolute Gasteiger partial charge is 0.0905 e. The van der Waals surface area contributed by atoms with E-state index in [2.05, 4.69) is 33.8 Å². The largest absolute Gasteiger partial charge is 0.271 e. The number of hydrogen-bond acceptors (Lipinski definition) is 5. The highest BCUT2D eigenvalue weighted by Crippen LogP contribution is 2.25. The third-order valence-electron chi connectivity index (χ3n) is 3.01. The Hall–Kier alpha value is -1.82. The molecular formula is C14H14N4S. The lowest BCUT2D eigenvalue weighted by atomic mass is 10.1. The average Bonchev–Trinajstić information content (AvgIpc) is 2.86. The lowest BCUT2D eigenvalue weighted by Crippen LogP contribution is -2.29. The van der Waals surface area contributed by atoms with E-state index in [4.69, 9.17) is 5.84 Å². The molecule has 3 aromatic rings. The number of fused-ring (bicyclic) bond motifs is 1. The van der Waals surface area contributed by atoms with Gasteiger partial charge in [-0.05, 0) is 36.1 Å². The Morgan fingerprint density at radius 3 is 2.74 bits per heavy atom. The number of hydrogen-bond donors (Lipinski definition) is 2. The number of benzene rings is 1. The van der Waals surface area contributed by atoms with E-state index in [9.17, 15) is 0 Å². The summed E-state index contributed by atoms with van der Waals surface area (Å²) in [6, 6.07) is 9.82. The second kappa shape index (κ2) is 5.05. The highest BCUT2D eigenvalue weighted by molar-refractivity contribution is 7.10. The zero-order valence-corrected chi connectivity index (χ0v) is 11.3. The third kappa shape index (κ3) is 2.35. The molecule has 19 heavy (non-hydrogen) atoms. The van der Waals surface area contributed by atoms with Crippen LogP contribution in [0.1, 0.15) is 22.2 Å². The molecule has 2 heterocycles. The molecule has 3 N–H and O–H groups in total. The highest BCUT2D eigenvalue weighted by Gasteiger charge is 2.16. The van der Waals surface area contributed by atoms with Crippen molar-refractivity contribution >= 4 is 22.4 Å². The van der Waals surface area contributed by atoms with Crippen LogP contribution in [0.5, 0.6) is 0 Å². The van der Waals surface area contributed by atoms with Crippen LogP contribution in [0.4, 0.5) is 0 Å². The van der Waals surface area contributed by atoms with Crippen LogP contribution in [-0.2, 0) is 0 Å². The van der Waals surface area contributed by atoms with Gasteiger partial charge in [0.2, 0.25) is 0 Å². The van der Waals surface area contributed by atoms with E-state index in [0.29, 0.717) is 0 Å². The summed E-state index contributed by atoms with van der Waals surface area (Å²) in [5.74, 6) is 5.68. The van der Waals surface area contributed by atoms with Crippen molar-refractivity contribution in [2.24, 2.45) is 5.84 Å². The molecule has 0 amide bonds. The van der Waals surface area contributed by atoms with Crippen molar-refractivity contribution in [1.82, 2.24) is 15.4 Å². The lowest BCUT2D eigenvalue weighted by Gasteiger charge is -2.14. The first-order valence-electron chi connectivity index (χ1n) is 6.01. The number of para-hydroxylation sites is 2. The quantitative estimate of drug-likeness (QED) is 0.567. The normalized spacial score (nSPS) is 12.7. The standard InChI is InChI=1S/C14H14N4S/c1-9-6-10(8-19-9)14(18-15)13-7-16-11-4-2-3-5-12(11)17-13/h2-8,14,18H,15H2,1H3. The summed E-state index contributed by atoms with van der Waals surface area (Å²) < 4.78 is 0. The van der Waals surface area contributed by atoms with E-state index in [0.717, 1.165) is 22.3 Å². The molecule has 4 nitrogen and oxygen atoms in total. The fraction of sp³-hybridized carbons (Fsp3) is 0.143. The molecule has 1 atom stereocenters. The van der Waals surface area contributed by atoms with Crippen molar-refractivity contribution in [3.8, 4) is 0 Å². The fourth-order valence-corrected chi connectivity index (χ4v) is 2.81. The maximum absolute atomic E-state index is 5.68. The minimum atomic E-state index is -0.123. The molecule has 3 rings (SSSR count). The second-order valence-electron chi connectivity index (χ2n) is 4.37. The van der Waals surface area contributed by atoms with Crippen molar-refractivity contribution in [3.05, 3.63) is 58.0 Å². The molecule has 0 saturated heterocycles. The lowest BCUT2D eigenvalue weighted by molar-refractivity contribution is 0.622. The Labute approximate surface area is 115 Å². The number of rotatable bonds is 3. The maximum Gasteiger partial charge on any atom is 0.0905 e. The first-order valence-corrected chi connectivity index (χ1v) is 6.89. The number of aromatic nitrogens is 2. The van der Waals surface area contributed by atoms with Gasteiger partial charge in [0, 0.05) is 4.88 Å². The molecule has 0 aliphatic heterocycles. The number of nitrogens with zero attached hydrogens (tertiary/aromatic N) is 2. The summed E-state index contributed by atoms with van der Waals surface area (Å²) in [5, 5.41) is 2.09. The Morgan fingerprint density at radius 1 is 1.26 bits per heavy atom. The van der Waals surface area contributed by atoms with Gasteiger partial charge in [-0.2, -0.15) is 0 Å². The third-order valence-corrected chi connectivity index (χ3v) is 3.89. The number of hydrazine groups is 1. The minimum Gasteiger partial charge on any atom is -0.271 e. The Bertz CT molecular complexity index is 707. The Morgan fingerprint density at radius 2 is 2.05 bits per heavy atom. The van der Waals surface area contributed by atoms with Crippen LogP contribution in [-0.4, -0.2) is 9.97 Å². The van der Waals surface area contributed by atoms with Gasteiger partial charge < -0.3 is 0 Å². The van der Waals surface area contributed by atoms with Gasteiger partial charge in [-0.15, -0.1) is 11.3 Å². The van der Waals surface area contributed by atoms with Gasteiger partial charge >= 0.3 is 0 Å². The molecule has 0 fully saturated rings. The molecular weight excluding hydrogens is 256 g/mol. The first kappa shape index (κ1) is 12.2. The topological polar surface area (TPSA) is 63.8 Å². The average molecular weight is 270 g/mol. The molecule has 96 valence electrons. The van der Waals surface area contributed by atoms with Crippen LogP contribution < -0.4 is 11.3 Å². The van der Waals surface area contributed by atoms with Gasteiger partial charge in [0.1, 0.15) is 0 Å². The van der Waals surface area contributed by atoms with Crippen molar-refractivity contribution in [2.45, 2.75) is 13.0 Å². The van der Waals surface area contributed by atoms with Gasteiger partial charge in [-0.25, -0.2) is 10.4 Å². The Kier molecular flexibility index (Phi) is 3.25. The summed E-state index contributed by atoms with van der Waals surface area (Å²) in [7, 11) is 0. The van der Waals surface area contributed by atoms with Crippen molar-refractivity contribution < 1.29 is 0 Å². The van der Waals surface area contributed by atoms with E-state index in [1.165, 1.54) is 4.88 Å². The highest BCUT2D eigenvalue weighted by atomic mass is 32.1. The van der Waals surface area contributed by atoms with E-state index in [-0.39, 0.29) is 6.04 Å². The molecule has 0 saturated carbocycles. The number of nitrogens with one attached hydrogen (secondary N) is 1. The minimum absolute atomic E-state index is 0.123. The summed E-state index contributed by atoms with van der Waals surface area (Å²) in [5.41, 5.74) is 6.54. The van der Waals surface area contributed by atoms with Gasteiger partial charge in [0.15, 0.2) is 0 Å². The van der Waals surface area contributed by atoms with Crippen molar-refractivity contribution in [2.75, 3.05) is 0 Å². The van der Waals surface area contributed by atoms with E-state index < -0.39 is 0 Å². The zero-order chi connectivity index (χ0) is 13.2. The van der Waals surface area contributed by atoms with Gasteiger partial charge in [0.05, 0.1) is 29.0 Å². The van der Waals surface area contributed by atoms with Crippen LogP contribution >= 0.6 is 11.3 Å². The molecule has 1 unspecified atom stereocenters. The van der Waals surface area contributed by atoms with E-state index >= 15 is 0 Å². The molecule has 5 heteroatoms. The Balaban J connectivity index is 2.06. The molecule has 0 aliphatic rings. The first-order chi connectivity index (χ1) is 9.28. The summed E-state index contributed by atoms with van der Waals surface area (Å²) in [4.78, 5) is 10.3. The van der Waals surface area contributed by atoms with Crippen LogP contribution in [0.15, 0.2) is 41.9 Å². The predicted octanol–water partition coefficient (Wildman–Crippen LogP) is 2.55. The number of aryl methyl sites for hydroxylation is 1. The SMILES string of the molecule is Cc1cc(C(NN)c2cnc3ccccc3n2)cs1. The van der Waals surface area contributed by atoms with Crippen molar-refractivity contribution in [3.63, 3.8) is 0 Å². The summed E-state index contributed by atoms with van der Waals surface area (Å²) >= 11 is 1.70. The molecule has 0 aliphatic carbocycles. The van der Waals surface area contributed by atoms with Crippen LogP contribution in [0, 0.1) is 6.92 Å². The fourth-order valence-electron chi connectivity index (χ4n) is 2.08. The van der Waals surface area contributed by atoms with Crippen LogP contribution in [0.25, 0.3) is 11.0 Å². The van der Waals surface area contributed by atoms with E-state index in [1.54, 1.807) is 17.5 Å². The molecule has 2 aromatic heterocycles. The van der Waals surface area contributed by atoms with Gasteiger partial charge in [-0.3, -0.25) is 10.8 Å². The summed E-state index contributed by atoms with van der Waals surface area (Å²) in [6.07, 6.45) is 1.78. The zero-order valence-electron chi connectivity index (χ0n) is 10.5. The molecule has 1 aromatic carbocycles. The van der Waals surface area contributed by atoms with Crippen LogP contribution in [0.3, 0.4) is 0 Å². The molecule has 0 bridgehead atoms. The number of nitrogens with two attached hydrogens (primary N) is 1. The maximum atomic E-state index is 5.68. The van der Waals surface area contributed by atoms with Gasteiger partial charge in [-0.1, -0.05) is 12.1 Å². The van der Waals surface area contributed by atoms with Crippen LogP contribution in [0.2, 0.25) is 0 Å². The number of thiophene rings is 1. The predicted molar refractivity (Wildman–Crippen MR) is 77.8 cm³/mol. The van der Waals surface area contributed by atoms with Gasteiger partial charge in [0.25, 0.3) is 0 Å². The summed E-state index contributed by atoms with van der Waals surface area (Å²) in [6.45, 7) is 2.08. The molecule has 0 spiro atoms. The van der Waals surface area contributed by atoms with Crippen molar-refractivity contribution in [1.29, 1.82) is 0 Å². The molecule has 0 radical (unpaired) electrons.